The highest BCUT2D eigenvalue weighted by Crippen LogP contribution is 2.25. The van der Waals surface area contributed by atoms with Crippen LogP contribution in [0.15, 0.2) is 24.4 Å². The summed E-state index contributed by atoms with van der Waals surface area (Å²) in [6.07, 6.45) is 7.58. The Hall–Kier alpha value is -1.37. The zero-order chi connectivity index (χ0) is 10.1. The van der Waals surface area contributed by atoms with Crippen LogP contribution in [0.1, 0.15) is 23.1 Å². The van der Waals surface area contributed by atoms with Crippen LogP contribution in [0.25, 0.3) is 0 Å². The molecule has 1 nitrogen and oxygen atoms in total. The Morgan fingerprint density at radius 2 is 1.71 bits per heavy atom. The fourth-order valence-electron chi connectivity index (χ4n) is 2.16. The van der Waals surface area contributed by atoms with Crippen molar-refractivity contribution in [2.75, 3.05) is 0 Å². The highest BCUT2D eigenvalue weighted by atomic mass is 15.0. The van der Waals surface area contributed by atoms with Crippen molar-refractivity contribution in [3.05, 3.63) is 41.1 Å². The number of aryl methyl sites for hydroxylation is 3. The Labute approximate surface area is 85.4 Å². The van der Waals surface area contributed by atoms with E-state index in [0.29, 0.717) is 0 Å². The Kier molecular flexibility index (Phi) is 2.24. The van der Waals surface area contributed by atoms with Gasteiger partial charge in [-0.2, -0.15) is 4.58 Å². The van der Waals surface area contributed by atoms with E-state index in [1.54, 1.807) is 0 Å². The zero-order valence-electron chi connectivity index (χ0n) is 9.04. The van der Waals surface area contributed by atoms with Crippen LogP contribution < -0.4 is 0 Å². The molecule has 0 saturated heterocycles. The number of benzene rings is 1. The van der Waals surface area contributed by atoms with Crippen molar-refractivity contribution in [1.82, 2.24) is 0 Å². The first kappa shape index (κ1) is 9.20. The molecule has 0 aliphatic carbocycles. The lowest BCUT2D eigenvalue weighted by molar-refractivity contribution is -0.352. The van der Waals surface area contributed by atoms with Gasteiger partial charge in [0.25, 0.3) is 0 Å². The monoisotopic (exact) mass is 186 g/mol. The summed E-state index contributed by atoms with van der Waals surface area (Å²) >= 11 is 0. The van der Waals surface area contributed by atoms with Gasteiger partial charge in [0.05, 0.1) is 0 Å². The van der Waals surface area contributed by atoms with Crippen LogP contribution in [0.5, 0.6) is 0 Å². The second-order valence-corrected chi connectivity index (χ2v) is 3.96. The zero-order valence-corrected chi connectivity index (χ0v) is 9.04. The van der Waals surface area contributed by atoms with Gasteiger partial charge in [-0.05, 0) is 39.0 Å². The SMILES string of the molecule is Cc1cc(C)c([N+]2=CCC=C2)c(C)c1. The molecular weight excluding hydrogens is 170 g/mol. The van der Waals surface area contributed by atoms with E-state index in [1.807, 2.05) is 0 Å². The molecule has 0 fully saturated rings. The van der Waals surface area contributed by atoms with E-state index < -0.39 is 0 Å². The predicted octanol–water partition coefficient (Wildman–Crippen LogP) is 3.24. The lowest BCUT2D eigenvalue weighted by Gasteiger charge is -2.05. The summed E-state index contributed by atoms with van der Waals surface area (Å²) < 4.78 is 2.23. The Balaban J connectivity index is 2.57. The third-order valence-corrected chi connectivity index (χ3v) is 2.60. The van der Waals surface area contributed by atoms with Gasteiger partial charge in [-0.3, -0.25) is 0 Å². The molecule has 2 rings (SSSR count). The smallest absolute Gasteiger partial charge is 0.171 e. The molecule has 72 valence electrons. The third kappa shape index (κ3) is 1.50. The molecule has 0 N–H and O–H groups in total. The molecule has 0 amide bonds. The first-order chi connectivity index (χ1) is 6.68. The molecule has 1 aliphatic heterocycles. The predicted molar refractivity (Wildman–Crippen MR) is 60.4 cm³/mol. The van der Waals surface area contributed by atoms with Crippen LogP contribution in [0.4, 0.5) is 5.69 Å². The van der Waals surface area contributed by atoms with Crippen LogP contribution in [0.3, 0.4) is 0 Å². The summed E-state index contributed by atoms with van der Waals surface area (Å²) in [6.45, 7) is 6.50. The molecule has 1 aliphatic rings. The van der Waals surface area contributed by atoms with Crippen LogP contribution in [-0.4, -0.2) is 10.8 Å². The van der Waals surface area contributed by atoms with Gasteiger partial charge in [0, 0.05) is 17.5 Å². The van der Waals surface area contributed by atoms with Crippen LogP contribution in [0, 0.1) is 20.8 Å². The second kappa shape index (κ2) is 3.41. The van der Waals surface area contributed by atoms with E-state index in [-0.39, 0.29) is 0 Å². The van der Waals surface area contributed by atoms with Crippen LogP contribution >= 0.6 is 0 Å². The van der Waals surface area contributed by atoms with Gasteiger partial charge in [-0.15, -0.1) is 0 Å². The normalized spacial score (nSPS) is 14.6. The van der Waals surface area contributed by atoms with Crippen LogP contribution in [-0.2, 0) is 0 Å². The number of nitrogens with zero attached hydrogens (tertiary/aromatic N) is 1. The van der Waals surface area contributed by atoms with Gasteiger partial charge in [-0.25, -0.2) is 0 Å². The third-order valence-electron chi connectivity index (χ3n) is 2.60. The molecule has 1 aromatic carbocycles. The summed E-state index contributed by atoms with van der Waals surface area (Å²) in [5.41, 5.74) is 5.38. The highest BCUT2D eigenvalue weighted by Gasteiger charge is 2.16. The van der Waals surface area contributed by atoms with E-state index >= 15 is 0 Å². The summed E-state index contributed by atoms with van der Waals surface area (Å²) in [6, 6.07) is 4.48. The topological polar surface area (TPSA) is 3.01 Å². The Morgan fingerprint density at radius 3 is 2.21 bits per heavy atom. The molecule has 0 atom stereocenters. The molecule has 0 bridgehead atoms. The van der Waals surface area contributed by atoms with Gasteiger partial charge in [-0.1, -0.05) is 5.56 Å². The molecule has 0 unspecified atom stereocenters. The highest BCUT2D eigenvalue weighted by molar-refractivity contribution is 5.61. The van der Waals surface area contributed by atoms with E-state index in [0.717, 1.165) is 6.42 Å². The van der Waals surface area contributed by atoms with Crippen molar-refractivity contribution in [3.8, 4) is 0 Å². The van der Waals surface area contributed by atoms with Crippen LogP contribution in [0.2, 0.25) is 0 Å². The lowest BCUT2D eigenvalue weighted by Crippen LogP contribution is -1.99. The number of allylic oxidation sites excluding steroid dienone is 1. The van der Waals surface area contributed by atoms with Crippen molar-refractivity contribution in [1.29, 1.82) is 0 Å². The van der Waals surface area contributed by atoms with Gasteiger partial charge in [0.1, 0.15) is 0 Å². The average molecular weight is 186 g/mol. The molecule has 0 aromatic heterocycles. The molecule has 1 aromatic rings. The number of rotatable bonds is 1. The first-order valence-electron chi connectivity index (χ1n) is 5.04. The van der Waals surface area contributed by atoms with Crippen molar-refractivity contribution in [2.24, 2.45) is 0 Å². The van der Waals surface area contributed by atoms with Crippen molar-refractivity contribution < 1.29 is 4.58 Å². The second-order valence-electron chi connectivity index (χ2n) is 3.96. The van der Waals surface area contributed by atoms with E-state index in [9.17, 15) is 0 Å². The maximum atomic E-state index is 2.24. The van der Waals surface area contributed by atoms with Gasteiger partial charge in [0.2, 0.25) is 5.69 Å². The number of hydrogen-bond acceptors (Lipinski definition) is 0. The standard InChI is InChI=1S/C13H16N/c1-10-8-11(2)13(12(3)9-10)14-6-4-5-7-14/h4,6-9H,5H2,1-3H3/q+1. The Bertz CT molecular complexity index is 402. The van der Waals surface area contributed by atoms with Gasteiger partial charge >= 0.3 is 0 Å². The minimum atomic E-state index is 1.05. The summed E-state index contributed by atoms with van der Waals surface area (Å²) in [5, 5.41) is 0. The molecule has 0 spiro atoms. The molecule has 0 saturated carbocycles. The van der Waals surface area contributed by atoms with Crippen molar-refractivity contribution in [2.45, 2.75) is 27.2 Å². The fraction of sp³-hybridized carbons (Fsp3) is 0.308. The minimum absolute atomic E-state index is 1.05. The van der Waals surface area contributed by atoms with E-state index in [2.05, 4.69) is 56.0 Å². The van der Waals surface area contributed by atoms with Gasteiger partial charge < -0.3 is 0 Å². The molecular formula is C13H16N+. The first-order valence-corrected chi connectivity index (χ1v) is 5.04. The minimum Gasteiger partial charge on any atom is -0.171 e. The molecule has 14 heavy (non-hydrogen) atoms. The Morgan fingerprint density at radius 1 is 1.07 bits per heavy atom. The summed E-state index contributed by atoms with van der Waals surface area (Å²) in [5.74, 6) is 0. The van der Waals surface area contributed by atoms with Gasteiger partial charge in [0.15, 0.2) is 12.4 Å². The van der Waals surface area contributed by atoms with Crippen molar-refractivity contribution in [3.63, 3.8) is 0 Å². The maximum Gasteiger partial charge on any atom is 0.216 e. The van der Waals surface area contributed by atoms with Crippen molar-refractivity contribution >= 4 is 11.9 Å². The fourth-order valence-corrected chi connectivity index (χ4v) is 2.16. The summed E-state index contributed by atoms with van der Waals surface area (Å²) in [7, 11) is 0. The molecule has 1 heteroatoms. The largest absolute Gasteiger partial charge is 0.216 e. The van der Waals surface area contributed by atoms with E-state index in [1.165, 1.54) is 22.4 Å². The number of hydrogen-bond donors (Lipinski definition) is 0. The molecule has 1 heterocycles. The summed E-state index contributed by atoms with van der Waals surface area (Å²) in [4.78, 5) is 0. The molecule has 0 radical (unpaired) electrons. The maximum absolute atomic E-state index is 2.24. The average Bonchev–Trinajstić information content (AvgIpc) is 2.54. The lowest BCUT2D eigenvalue weighted by atomic mass is 10.1. The van der Waals surface area contributed by atoms with E-state index in [4.69, 9.17) is 0 Å². The quantitative estimate of drug-likeness (QED) is 0.592.